The minimum atomic E-state index is -0.115. The van der Waals surface area contributed by atoms with Crippen LogP contribution in [0.15, 0.2) is 67.1 Å². The number of aromatic nitrogens is 3. The number of hydrogen-bond donors (Lipinski definition) is 2. The summed E-state index contributed by atoms with van der Waals surface area (Å²) in [6.45, 7) is 6.85. The molecule has 196 valence electrons. The quantitative estimate of drug-likeness (QED) is 0.318. The van der Waals surface area contributed by atoms with Gasteiger partial charge >= 0.3 is 0 Å². The SMILES string of the molecule is CNC(=O)c1ccnc2c([C@H](C)CNc3cc(-c4ccc(OCCN5CCCC5)cc4)ncn3)cccc12. The molecule has 0 unspecified atom stereocenters. The van der Waals surface area contributed by atoms with Crippen LogP contribution in [0.2, 0.25) is 0 Å². The summed E-state index contributed by atoms with van der Waals surface area (Å²) in [5.41, 5.74) is 4.41. The molecule has 2 aromatic heterocycles. The number of anilines is 1. The van der Waals surface area contributed by atoms with Crippen LogP contribution in [-0.2, 0) is 0 Å². The average molecular weight is 511 g/mol. The summed E-state index contributed by atoms with van der Waals surface area (Å²) in [5.74, 6) is 1.65. The second-order valence-electron chi connectivity index (χ2n) is 9.67. The van der Waals surface area contributed by atoms with E-state index in [0.29, 0.717) is 18.7 Å². The molecule has 8 nitrogen and oxygen atoms in total. The lowest BCUT2D eigenvalue weighted by molar-refractivity contribution is 0.0964. The standard InChI is InChI=1S/C30H34N6O2/c1-21(24-6-5-7-25-26(30(37)31-2)12-13-32-29(24)25)19-33-28-18-27(34-20-35-28)22-8-10-23(11-9-22)38-17-16-36-14-3-4-15-36/h5-13,18,20-21H,3-4,14-17,19H2,1-2H3,(H,31,37)(H,33,34,35)/t21-/m1/s1. The summed E-state index contributed by atoms with van der Waals surface area (Å²) in [5, 5.41) is 7.00. The number of rotatable bonds is 10. The molecule has 1 amide bonds. The number of fused-ring (bicyclic) bond motifs is 1. The summed E-state index contributed by atoms with van der Waals surface area (Å²) in [6.07, 6.45) is 5.86. The van der Waals surface area contributed by atoms with Crippen LogP contribution in [0, 0.1) is 0 Å². The molecule has 38 heavy (non-hydrogen) atoms. The van der Waals surface area contributed by atoms with Crippen LogP contribution < -0.4 is 15.4 Å². The second kappa shape index (κ2) is 12.0. The number of carbonyl (C=O) groups excluding carboxylic acids is 1. The van der Waals surface area contributed by atoms with Crippen LogP contribution in [0.1, 0.15) is 41.6 Å². The molecule has 1 saturated heterocycles. The van der Waals surface area contributed by atoms with Crippen molar-refractivity contribution in [3.05, 3.63) is 78.2 Å². The van der Waals surface area contributed by atoms with E-state index in [1.807, 2.05) is 42.5 Å². The number of para-hydroxylation sites is 1. The van der Waals surface area contributed by atoms with Gasteiger partial charge in [-0.3, -0.25) is 14.7 Å². The highest BCUT2D eigenvalue weighted by atomic mass is 16.5. The van der Waals surface area contributed by atoms with Crippen LogP contribution in [0.5, 0.6) is 5.75 Å². The predicted octanol–water partition coefficient (Wildman–Crippen LogP) is 4.74. The van der Waals surface area contributed by atoms with E-state index in [2.05, 4.69) is 43.5 Å². The zero-order valence-corrected chi connectivity index (χ0v) is 22.0. The Morgan fingerprint density at radius 2 is 1.87 bits per heavy atom. The highest BCUT2D eigenvalue weighted by Crippen LogP contribution is 2.27. The molecule has 0 radical (unpaired) electrons. The molecule has 0 saturated carbocycles. The van der Waals surface area contributed by atoms with Gasteiger partial charge in [0.05, 0.1) is 16.8 Å². The van der Waals surface area contributed by atoms with E-state index in [-0.39, 0.29) is 11.8 Å². The van der Waals surface area contributed by atoms with Crippen LogP contribution in [0.25, 0.3) is 22.2 Å². The van der Waals surface area contributed by atoms with Gasteiger partial charge in [-0.25, -0.2) is 9.97 Å². The molecule has 0 aliphatic carbocycles. The van der Waals surface area contributed by atoms with Crippen molar-refractivity contribution in [1.82, 2.24) is 25.2 Å². The monoisotopic (exact) mass is 510 g/mol. The molecule has 2 aromatic carbocycles. The van der Waals surface area contributed by atoms with Crippen molar-refractivity contribution in [3.8, 4) is 17.0 Å². The Balaban J connectivity index is 1.22. The Labute approximate surface area is 223 Å². The maximum atomic E-state index is 12.3. The van der Waals surface area contributed by atoms with E-state index in [4.69, 9.17) is 4.74 Å². The summed E-state index contributed by atoms with van der Waals surface area (Å²) in [7, 11) is 1.64. The molecule has 4 aromatic rings. The van der Waals surface area contributed by atoms with Crippen molar-refractivity contribution in [2.45, 2.75) is 25.7 Å². The smallest absolute Gasteiger partial charge is 0.251 e. The number of pyridine rings is 1. The molecule has 0 bridgehead atoms. The van der Waals surface area contributed by atoms with Gasteiger partial charge in [-0.15, -0.1) is 0 Å². The van der Waals surface area contributed by atoms with Crippen LogP contribution in [0.4, 0.5) is 5.82 Å². The number of hydrogen-bond acceptors (Lipinski definition) is 7. The maximum absolute atomic E-state index is 12.3. The number of benzene rings is 2. The molecule has 0 spiro atoms. The number of carbonyl (C=O) groups is 1. The number of likely N-dealkylation sites (tertiary alicyclic amines) is 1. The molecule has 5 rings (SSSR count). The molecule has 1 atom stereocenters. The minimum absolute atomic E-state index is 0.115. The van der Waals surface area contributed by atoms with Gasteiger partial charge in [0, 0.05) is 49.3 Å². The Morgan fingerprint density at radius 3 is 2.66 bits per heavy atom. The fourth-order valence-corrected chi connectivity index (χ4v) is 4.93. The third-order valence-corrected chi connectivity index (χ3v) is 7.09. The molecule has 8 heteroatoms. The van der Waals surface area contributed by atoms with Crippen molar-refractivity contribution in [2.75, 3.05) is 45.2 Å². The van der Waals surface area contributed by atoms with E-state index in [9.17, 15) is 4.79 Å². The van der Waals surface area contributed by atoms with E-state index in [1.165, 1.54) is 25.9 Å². The van der Waals surface area contributed by atoms with Gasteiger partial charge in [0.2, 0.25) is 0 Å². The van der Waals surface area contributed by atoms with E-state index >= 15 is 0 Å². The number of amides is 1. The van der Waals surface area contributed by atoms with Gasteiger partial charge < -0.3 is 15.4 Å². The first-order valence-corrected chi connectivity index (χ1v) is 13.2. The Bertz CT molecular complexity index is 1390. The van der Waals surface area contributed by atoms with Crippen LogP contribution in [0.3, 0.4) is 0 Å². The van der Waals surface area contributed by atoms with Crippen molar-refractivity contribution < 1.29 is 9.53 Å². The third kappa shape index (κ3) is 5.92. The lowest BCUT2D eigenvalue weighted by Gasteiger charge is -2.16. The van der Waals surface area contributed by atoms with E-state index in [0.717, 1.165) is 45.8 Å². The van der Waals surface area contributed by atoms with Crippen molar-refractivity contribution >= 4 is 22.6 Å². The van der Waals surface area contributed by atoms with Gasteiger partial charge in [0.1, 0.15) is 24.5 Å². The highest BCUT2D eigenvalue weighted by Gasteiger charge is 2.15. The first kappa shape index (κ1) is 25.6. The van der Waals surface area contributed by atoms with E-state index < -0.39 is 0 Å². The van der Waals surface area contributed by atoms with E-state index in [1.54, 1.807) is 25.6 Å². The minimum Gasteiger partial charge on any atom is -0.492 e. The topological polar surface area (TPSA) is 92.3 Å². The molecule has 2 N–H and O–H groups in total. The van der Waals surface area contributed by atoms with Gasteiger partial charge in [0.25, 0.3) is 5.91 Å². The van der Waals surface area contributed by atoms with Crippen molar-refractivity contribution in [2.24, 2.45) is 0 Å². The molecular formula is C30H34N6O2. The fourth-order valence-electron chi connectivity index (χ4n) is 4.93. The van der Waals surface area contributed by atoms with Gasteiger partial charge in [-0.05, 0) is 61.8 Å². The Kier molecular flexibility index (Phi) is 8.09. The largest absolute Gasteiger partial charge is 0.492 e. The predicted molar refractivity (Wildman–Crippen MR) is 151 cm³/mol. The maximum Gasteiger partial charge on any atom is 0.251 e. The molecule has 3 heterocycles. The average Bonchev–Trinajstić information content (AvgIpc) is 3.49. The zero-order valence-electron chi connectivity index (χ0n) is 22.0. The molecule has 1 aliphatic heterocycles. The highest BCUT2D eigenvalue weighted by molar-refractivity contribution is 6.06. The van der Waals surface area contributed by atoms with Gasteiger partial charge in [0.15, 0.2) is 0 Å². The number of nitrogens with one attached hydrogen (secondary N) is 2. The lowest BCUT2D eigenvalue weighted by Crippen LogP contribution is -2.25. The normalized spacial score (nSPS) is 14.4. The summed E-state index contributed by atoms with van der Waals surface area (Å²) < 4.78 is 5.93. The summed E-state index contributed by atoms with van der Waals surface area (Å²) >= 11 is 0. The summed E-state index contributed by atoms with van der Waals surface area (Å²) in [6, 6.07) is 17.8. The second-order valence-corrected chi connectivity index (χ2v) is 9.67. The number of ether oxygens (including phenoxy) is 1. The molecule has 1 aliphatic rings. The third-order valence-electron chi connectivity index (χ3n) is 7.09. The zero-order chi connectivity index (χ0) is 26.3. The first-order valence-electron chi connectivity index (χ1n) is 13.2. The molecular weight excluding hydrogens is 476 g/mol. The fraction of sp³-hybridized carbons (Fsp3) is 0.333. The lowest BCUT2D eigenvalue weighted by atomic mass is 9.96. The van der Waals surface area contributed by atoms with Crippen molar-refractivity contribution in [3.63, 3.8) is 0 Å². The first-order chi connectivity index (χ1) is 18.6. The Hall–Kier alpha value is -4.04. The number of nitrogens with zero attached hydrogens (tertiary/aromatic N) is 4. The van der Waals surface area contributed by atoms with Crippen LogP contribution in [-0.4, -0.2) is 65.6 Å². The summed E-state index contributed by atoms with van der Waals surface area (Å²) in [4.78, 5) is 28.2. The van der Waals surface area contributed by atoms with Gasteiger partial charge in [-0.2, -0.15) is 0 Å². The van der Waals surface area contributed by atoms with Crippen LogP contribution >= 0.6 is 0 Å². The Morgan fingerprint density at radius 1 is 1.05 bits per heavy atom. The molecule has 1 fully saturated rings. The van der Waals surface area contributed by atoms with Gasteiger partial charge in [-0.1, -0.05) is 25.1 Å². The van der Waals surface area contributed by atoms with Crippen molar-refractivity contribution in [1.29, 1.82) is 0 Å².